The molecule has 40 heavy (non-hydrogen) atoms. The van der Waals surface area contributed by atoms with Gasteiger partial charge in [-0.2, -0.15) is 0 Å². The summed E-state index contributed by atoms with van der Waals surface area (Å²) in [6, 6.07) is 17.5. The van der Waals surface area contributed by atoms with Crippen molar-refractivity contribution in [1.29, 1.82) is 0 Å². The highest BCUT2D eigenvalue weighted by Gasteiger charge is 2.48. The Morgan fingerprint density at radius 2 is 1.68 bits per heavy atom. The van der Waals surface area contributed by atoms with Crippen molar-refractivity contribution < 1.29 is 19.4 Å². The minimum atomic E-state index is -0.879. The number of ketones is 1. The van der Waals surface area contributed by atoms with Crippen LogP contribution in [0, 0.1) is 19.8 Å². The van der Waals surface area contributed by atoms with Crippen molar-refractivity contribution in [3.05, 3.63) is 88.5 Å². The van der Waals surface area contributed by atoms with E-state index < -0.39 is 17.7 Å². The van der Waals surface area contributed by atoms with E-state index in [9.17, 15) is 14.7 Å². The van der Waals surface area contributed by atoms with Gasteiger partial charge in [0.15, 0.2) is 0 Å². The number of aryl methyl sites for hydroxylation is 2. The van der Waals surface area contributed by atoms with Crippen molar-refractivity contribution in [1.82, 2.24) is 9.97 Å². The number of amides is 1. The minimum Gasteiger partial charge on any atom is -0.507 e. The molecule has 2 N–H and O–H groups in total. The molecule has 3 aromatic carbocycles. The molecule has 8 nitrogen and oxygen atoms in total. The molecule has 1 saturated heterocycles. The van der Waals surface area contributed by atoms with Crippen LogP contribution < -0.4 is 14.5 Å². The van der Waals surface area contributed by atoms with E-state index in [1.807, 2.05) is 69.2 Å². The molecular weight excluding hydrogens is 504 g/mol. The summed E-state index contributed by atoms with van der Waals surface area (Å²) in [6.45, 7) is 8.70. The van der Waals surface area contributed by atoms with E-state index in [0.717, 1.165) is 22.3 Å². The fraction of sp³-hybridized carbons (Fsp3) is 0.281. The van der Waals surface area contributed by atoms with Crippen LogP contribution in [0.25, 0.3) is 16.8 Å². The molecule has 0 saturated carbocycles. The van der Waals surface area contributed by atoms with Gasteiger partial charge >= 0.3 is 5.91 Å². The highest BCUT2D eigenvalue weighted by Crippen LogP contribution is 2.42. The summed E-state index contributed by atoms with van der Waals surface area (Å²) in [4.78, 5) is 38.3. The Morgan fingerprint density at radius 3 is 2.30 bits per heavy atom. The third kappa shape index (κ3) is 4.93. The Kier molecular flexibility index (Phi) is 7.10. The second kappa shape index (κ2) is 10.5. The van der Waals surface area contributed by atoms with Gasteiger partial charge in [0.25, 0.3) is 5.78 Å². The highest BCUT2D eigenvalue weighted by molar-refractivity contribution is 6.51. The molecule has 2 heterocycles. The number of aromatic nitrogens is 2. The normalized spacial score (nSPS) is 16.8. The van der Waals surface area contributed by atoms with Crippen molar-refractivity contribution in [3.8, 4) is 5.75 Å². The molecule has 1 amide bonds. The smallest absolute Gasteiger partial charge is 0.302 e. The minimum absolute atomic E-state index is 0.00580. The van der Waals surface area contributed by atoms with Crippen molar-refractivity contribution in [2.75, 3.05) is 30.5 Å². The van der Waals surface area contributed by atoms with E-state index in [-0.39, 0.29) is 17.3 Å². The quantitative estimate of drug-likeness (QED) is 0.173. The zero-order valence-electron chi connectivity index (χ0n) is 23.6. The number of nitrogens with one attached hydrogen (secondary N) is 1. The third-order valence-electron chi connectivity index (χ3n) is 7.19. The first kappa shape index (κ1) is 27.0. The second-order valence-electron chi connectivity index (χ2n) is 10.9. The predicted molar refractivity (Wildman–Crippen MR) is 158 cm³/mol. The highest BCUT2D eigenvalue weighted by atomic mass is 16.5. The second-order valence-corrected chi connectivity index (χ2v) is 10.9. The Morgan fingerprint density at radius 1 is 1.02 bits per heavy atom. The monoisotopic (exact) mass is 538 g/mol. The summed E-state index contributed by atoms with van der Waals surface area (Å²) in [7, 11) is 3.88. The van der Waals surface area contributed by atoms with Crippen molar-refractivity contribution in [2.45, 2.75) is 33.7 Å². The number of ether oxygens (including phenoxy) is 1. The van der Waals surface area contributed by atoms with Gasteiger partial charge in [-0.3, -0.25) is 14.5 Å². The van der Waals surface area contributed by atoms with Crippen molar-refractivity contribution in [3.63, 3.8) is 0 Å². The first-order valence-electron chi connectivity index (χ1n) is 13.3. The molecule has 5 rings (SSSR count). The zero-order chi connectivity index (χ0) is 28.7. The van der Waals surface area contributed by atoms with E-state index in [0.29, 0.717) is 34.9 Å². The number of anilines is 2. The third-order valence-corrected chi connectivity index (χ3v) is 7.19. The Labute approximate surface area is 233 Å². The molecule has 8 heteroatoms. The van der Waals surface area contributed by atoms with Crippen LogP contribution in [-0.4, -0.2) is 47.5 Å². The molecule has 206 valence electrons. The van der Waals surface area contributed by atoms with Gasteiger partial charge in [-0.05, 0) is 85.0 Å². The van der Waals surface area contributed by atoms with Crippen LogP contribution in [0.4, 0.5) is 11.6 Å². The largest absolute Gasteiger partial charge is 0.507 e. The number of nitrogens with zero attached hydrogens (tertiary/aromatic N) is 3. The van der Waals surface area contributed by atoms with E-state index in [1.165, 1.54) is 4.90 Å². The predicted octanol–water partition coefficient (Wildman–Crippen LogP) is 5.91. The fourth-order valence-electron chi connectivity index (χ4n) is 4.82. The van der Waals surface area contributed by atoms with Gasteiger partial charge in [0.05, 0.1) is 29.3 Å². The SMILES string of the molecule is Cc1cc2nc(N3C(=O)C(=O)/C(=C(/O)c4ccc(OCC(C)C)cc4)C3c3ccc(N(C)C)cc3)[nH]c2cc1C. The number of aromatic amines is 1. The molecule has 1 aromatic heterocycles. The molecule has 0 spiro atoms. The lowest BCUT2D eigenvalue weighted by Crippen LogP contribution is -2.30. The molecule has 0 radical (unpaired) electrons. The lowest BCUT2D eigenvalue weighted by Gasteiger charge is -2.24. The number of benzene rings is 3. The summed E-state index contributed by atoms with van der Waals surface area (Å²) in [5.41, 5.74) is 5.68. The van der Waals surface area contributed by atoms with Crippen molar-refractivity contribution in [2.24, 2.45) is 5.92 Å². The fourth-order valence-corrected chi connectivity index (χ4v) is 4.82. The Hall–Kier alpha value is -4.59. The van der Waals surface area contributed by atoms with Gasteiger partial charge in [-0.1, -0.05) is 26.0 Å². The number of Topliss-reactive ketones (excluding diaryl/α,β-unsaturated/α-hetero) is 1. The molecule has 1 aliphatic rings. The lowest BCUT2D eigenvalue weighted by atomic mass is 9.95. The van der Waals surface area contributed by atoms with Gasteiger partial charge in [0.2, 0.25) is 5.95 Å². The molecule has 0 bridgehead atoms. The van der Waals surface area contributed by atoms with Gasteiger partial charge < -0.3 is 19.7 Å². The van der Waals surface area contributed by atoms with Gasteiger partial charge in [-0.25, -0.2) is 4.98 Å². The Bertz CT molecular complexity index is 1580. The van der Waals surface area contributed by atoms with Crippen LogP contribution in [0.5, 0.6) is 5.75 Å². The number of hydrogen-bond acceptors (Lipinski definition) is 6. The number of imidazole rings is 1. The number of carbonyl (C=O) groups is 2. The number of aliphatic hydroxyl groups excluding tert-OH is 1. The van der Waals surface area contributed by atoms with Gasteiger partial charge in [0, 0.05) is 25.3 Å². The van der Waals surface area contributed by atoms with Gasteiger partial charge in [-0.15, -0.1) is 0 Å². The molecule has 1 fully saturated rings. The summed E-state index contributed by atoms with van der Waals surface area (Å²) in [6.07, 6.45) is 0. The van der Waals surface area contributed by atoms with Crippen LogP contribution in [-0.2, 0) is 9.59 Å². The first-order chi connectivity index (χ1) is 19.0. The van der Waals surface area contributed by atoms with Crippen LogP contribution in [0.3, 0.4) is 0 Å². The first-order valence-corrected chi connectivity index (χ1v) is 13.3. The number of carbonyl (C=O) groups excluding carboxylic acids is 2. The van der Waals surface area contributed by atoms with Crippen LogP contribution in [0.2, 0.25) is 0 Å². The lowest BCUT2D eigenvalue weighted by molar-refractivity contribution is -0.132. The number of hydrogen-bond donors (Lipinski definition) is 2. The molecule has 1 aliphatic heterocycles. The van der Waals surface area contributed by atoms with Crippen LogP contribution in [0.1, 0.15) is 42.1 Å². The van der Waals surface area contributed by atoms with Crippen LogP contribution in [0.15, 0.2) is 66.2 Å². The summed E-state index contributed by atoms with van der Waals surface area (Å²) in [5.74, 6) is -0.496. The molecule has 4 aromatic rings. The maximum atomic E-state index is 13.6. The molecule has 1 atom stereocenters. The van der Waals surface area contributed by atoms with E-state index in [4.69, 9.17) is 4.74 Å². The zero-order valence-corrected chi connectivity index (χ0v) is 23.6. The average Bonchev–Trinajstić information content (AvgIpc) is 3.44. The summed E-state index contributed by atoms with van der Waals surface area (Å²) < 4.78 is 5.76. The van der Waals surface area contributed by atoms with Crippen molar-refractivity contribution >= 4 is 40.1 Å². The average molecular weight is 539 g/mol. The summed E-state index contributed by atoms with van der Waals surface area (Å²) >= 11 is 0. The molecular formula is C32H34N4O4. The topological polar surface area (TPSA) is 98.8 Å². The van der Waals surface area contributed by atoms with Gasteiger partial charge in [0.1, 0.15) is 11.5 Å². The maximum absolute atomic E-state index is 13.6. The van der Waals surface area contributed by atoms with E-state index >= 15 is 0 Å². The van der Waals surface area contributed by atoms with Crippen LogP contribution >= 0.6 is 0 Å². The summed E-state index contributed by atoms with van der Waals surface area (Å²) in [5, 5.41) is 11.5. The standard InChI is InChI=1S/C32H34N4O4/c1-18(2)17-40-24-13-9-22(10-14-24)29(37)27-28(21-7-11-23(12-8-21)35(5)6)36(31(39)30(27)38)32-33-25-15-19(3)20(4)16-26(25)34-32/h7-16,18,28,37H,17H2,1-6H3,(H,33,34)/b29-27+. The number of aliphatic hydroxyl groups is 1. The number of fused-ring (bicyclic) bond motifs is 1. The Balaban J connectivity index is 1.63. The number of rotatable bonds is 7. The van der Waals surface area contributed by atoms with E-state index in [2.05, 4.69) is 23.8 Å². The maximum Gasteiger partial charge on any atom is 0.302 e. The molecule has 1 unspecified atom stereocenters. The number of H-pyrrole nitrogens is 1. The molecule has 0 aliphatic carbocycles. The van der Waals surface area contributed by atoms with E-state index in [1.54, 1.807) is 24.3 Å².